The summed E-state index contributed by atoms with van der Waals surface area (Å²) in [5.74, 6) is 4.68. The molecule has 0 spiro atoms. The third kappa shape index (κ3) is 5.20. The van der Waals surface area contributed by atoms with Gasteiger partial charge in [0.1, 0.15) is 12.4 Å². The Labute approximate surface area is 175 Å². The van der Waals surface area contributed by atoms with Crippen molar-refractivity contribution in [3.63, 3.8) is 0 Å². The lowest BCUT2D eigenvalue weighted by atomic mass is 10.2. The zero-order chi connectivity index (χ0) is 19.9. The highest BCUT2D eigenvalue weighted by Gasteiger charge is 2.25. The van der Waals surface area contributed by atoms with E-state index < -0.39 is 0 Å². The van der Waals surface area contributed by atoms with Crippen molar-refractivity contribution < 1.29 is 4.42 Å². The molecule has 0 bridgehead atoms. The Bertz CT molecular complexity index is 908. The summed E-state index contributed by atoms with van der Waals surface area (Å²) in [6.07, 6.45) is 2.81. The highest BCUT2D eigenvalue weighted by atomic mass is 32.2. The minimum atomic E-state index is 0.454. The molecule has 0 aliphatic carbocycles. The number of nitrogens with zero attached hydrogens (tertiary/aromatic N) is 4. The van der Waals surface area contributed by atoms with E-state index in [0.29, 0.717) is 24.0 Å². The van der Waals surface area contributed by atoms with Crippen LogP contribution in [0.5, 0.6) is 0 Å². The molecule has 7 nitrogen and oxygen atoms in total. The molecule has 4 rings (SSSR count). The fraction of sp³-hybridized carbons (Fsp3) is 0.381. The van der Waals surface area contributed by atoms with Gasteiger partial charge in [0.05, 0.1) is 6.26 Å². The number of hydrogen-bond donors (Lipinski definition) is 2. The number of thioether (sulfide) groups is 1. The van der Waals surface area contributed by atoms with Crippen LogP contribution in [0.25, 0.3) is 11.6 Å². The average Bonchev–Trinajstić information content (AvgIpc) is 3.52. The first kappa shape index (κ1) is 19.6. The minimum absolute atomic E-state index is 0.454. The smallest absolute Gasteiger partial charge is 0.216 e. The maximum Gasteiger partial charge on any atom is 0.216 e. The standard InChI is InChI=1S/C21H26N6OS/c1-2-22-21(23-13-19-24-20(26-25-19)18-9-6-12-28-18)27-11-10-16(14-27)15-29-17-7-4-3-5-8-17/h3-9,12,16H,2,10-11,13-15H2,1H3,(H,22,23)(H,24,25,26). The molecule has 152 valence electrons. The second-order valence-electron chi connectivity index (χ2n) is 6.98. The van der Waals surface area contributed by atoms with E-state index in [1.165, 1.54) is 11.3 Å². The summed E-state index contributed by atoms with van der Waals surface area (Å²) in [4.78, 5) is 12.9. The Balaban J connectivity index is 1.33. The van der Waals surface area contributed by atoms with E-state index in [2.05, 4.69) is 62.7 Å². The molecule has 1 aromatic carbocycles. The molecule has 1 unspecified atom stereocenters. The van der Waals surface area contributed by atoms with Gasteiger partial charge in [0.25, 0.3) is 0 Å². The molecule has 3 aromatic rings. The van der Waals surface area contributed by atoms with Gasteiger partial charge in [-0.05, 0) is 43.5 Å². The second kappa shape index (κ2) is 9.65. The first-order valence-corrected chi connectivity index (χ1v) is 11.0. The highest BCUT2D eigenvalue weighted by molar-refractivity contribution is 7.99. The van der Waals surface area contributed by atoms with Gasteiger partial charge >= 0.3 is 0 Å². The number of nitrogens with one attached hydrogen (secondary N) is 2. The van der Waals surface area contributed by atoms with Crippen LogP contribution >= 0.6 is 11.8 Å². The second-order valence-corrected chi connectivity index (χ2v) is 8.07. The molecule has 1 atom stereocenters. The Morgan fingerprint density at radius 2 is 2.21 bits per heavy atom. The molecule has 1 fully saturated rings. The van der Waals surface area contributed by atoms with Gasteiger partial charge in [-0.25, -0.2) is 9.98 Å². The molecule has 2 aromatic heterocycles. The predicted molar refractivity (Wildman–Crippen MR) is 116 cm³/mol. The van der Waals surface area contributed by atoms with Crippen molar-refractivity contribution in [2.24, 2.45) is 10.9 Å². The van der Waals surface area contributed by atoms with Gasteiger partial charge in [0.15, 0.2) is 11.7 Å². The number of aromatic nitrogens is 3. The molecule has 2 N–H and O–H groups in total. The summed E-state index contributed by atoms with van der Waals surface area (Å²) in [6, 6.07) is 14.3. The molecule has 0 saturated carbocycles. The number of H-pyrrole nitrogens is 1. The van der Waals surface area contributed by atoms with E-state index in [-0.39, 0.29) is 0 Å². The van der Waals surface area contributed by atoms with Crippen molar-refractivity contribution in [3.8, 4) is 11.6 Å². The van der Waals surface area contributed by atoms with Crippen LogP contribution in [0.4, 0.5) is 0 Å². The number of hydrogen-bond acceptors (Lipinski definition) is 5. The van der Waals surface area contributed by atoms with Crippen LogP contribution in [0.3, 0.4) is 0 Å². The van der Waals surface area contributed by atoms with Crippen LogP contribution in [-0.4, -0.2) is 51.4 Å². The molecule has 1 saturated heterocycles. The van der Waals surface area contributed by atoms with E-state index in [0.717, 1.165) is 37.2 Å². The molecule has 8 heteroatoms. The lowest BCUT2D eigenvalue weighted by Gasteiger charge is -2.21. The SMILES string of the molecule is CCNC(=NCc1nc(-c2ccco2)n[nH]1)N1CCC(CSc2ccccc2)C1. The average molecular weight is 411 g/mol. The van der Waals surface area contributed by atoms with Crippen LogP contribution in [0.15, 0.2) is 63.0 Å². The summed E-state index contributed by atoms with van der Waals surface area (Å²) < 4.78 is 5.34. The number of furan rings is 1. The van der Waals surface area contributed by atoms with Gasteiger partial charge in [-0.3, -0.25) is 5.10 Å². The van der Waals surface area contributed by atoms with E-state index in [1.54, 1.807) is 6.26 Å². The fourth-order valence-electron chi connectivity index (χ4n) is 3.35. The zero-order valence-electron chi connectivity index (χ0n) is 16.5. The Hall–Kier alpha value is -2.74. The maximum absolute atomic E-state index is 5.34. The number of likely N-dealkylation sites (tertiary alicyclic amines) is 1. The lowest BCUT2D eigenvalue weighted by Crippen LogP contribution is -2.40. The third-order valence-electron chi connectivity index (χ3n) is 4.80. The van der Waals surface area contributed by atoms with Crippen molar-refractivity contribution in [1.82, 2.24) is 25.4 Å². The topological polar surface area (TPSA) is 82.3 Å². The number of rotatable bonds is 7. The van der Waals surface area contributed by atoms with E-state index in [9.17, 15) is 0 Å². The predicted octanol–water partition coefficient (Wildman–Crippen LogP) is 3.64. The Kier molecular flexibility index (Phi) is 6.51. The van der Waals surface area contributed by atoms with Gasteiger partial charge in [-0.2, -0.15) is 0 Å². The molecular weight excluding hydrogens is 384 g/mol. The molecule has 29 heavy (non-hydrogen) atoms. The summed E-state index contributed by atoms with van der Waals surface area (Å²) in [6.45, 7) is 5.44. The molecule has 0 amide bonds. The van der Waals surface area contributed by atoms with Crippen molar-refractivity contribution >= 4 is 17.7 Å². The summed E-state index contributed by atoms with van der Waals surface area (Å²) in [5, 5.41) is 10.6. The monoisotopic (exact) mass is 410 g/mol. The number of guanidine groups is 1. The number of benzene rings is 1. The van der Waals surface area contributed by atoms with Crippen molar-refractivity contribution in [3.05, 3.63) is 54.6 Å². The first-order chi connectivity index (χ1) is 14.3. The Morgan fingerprint density at radius 1 is 1.31 bits per heavy atom. The van der Waals surface area contributed by atoms with Crippen molar-refractivity contribution in [2.45, 2.75) is 24.8 Å². The van der Waals surface area contributed by atoms with Gasteiger partial charge in [0, 0.05) is 30.3 Å². The molecule has 0 radical (unpaired) electrons. The molecular formula is C21H26N6OS. The van der Waals surface area contributed by atoms with Crippen LogP contribution < -0.4 is 5.32 Å². The maximum atomic E-state index is 5.34. The zero-order valence-corrected chi connectivity index (χ0v) is 17.4. The van der Waals surface area contributed by atoms with Gasteiger partial charge in [-0.15, -0.1) is 16.9 Å². The lowest BCUT2D eigenvalue weighted by molar-refractivity contribution is 0.474. The van der Waals surface area contributed by atoms with Gasteiger partial charge in [-0.1, -0.05) is 18.2 Å². The Morgan fingerprint density at radius 3 is 3.00 bits per heavy atom. The van der Waals surface area contributed by atoms with Crippen LogP contribution in [-0.2, 0) is 6.54 Å². The normalized spacial score (nSPS) is 17.1. The quantitative estimate of drug-likeness (QED) is 0.352. The van der Waals surface area contributed by atoms with Crippen LogP contribution in [0, 0.1) is 5.92 Å². The van der Waals surface area contributed by atoms with Crippen LogP contribution in [0.2, 0.25) is 0 Å². The third-order valence-corrected chi connectivity index (χ3v) is 6.04. The summed E-state index contributed by atoms with van der Waals surface area (Å²) in [7, 11) is 0. The minimum Gasteiger partial charge on any atom is -0.461 e. The van der Waals surface area contributed by atoms with Crippen LogP contribution in [0.1, 0.15) is 19.2 Å². The largest absolute Gasteiger partial charge is 0.461 e. The van der Waals surface area contributed by atoms with Gasteiger partial charge < -0.3 is 14.6 Å². The van der Waals surface area contributed by atoms with E-state index >= 15 is 0 Å². The van der Waals surface area contributed by atoms with Crippen molar-refractivity contribution in [2.75, 3.05) is 25.4 Å². The van der Waals surface area contributed by atoms with E-state index in [1.807, 2.05) is 23.9 Å². The summed E-state index contributed by atoms with van der Waals surface area (Å²) >= 11 is 1.94. The highest BCUT2D eigenvalue weighted by Crippen LogP contribution is 2.26. The molecule has 3 heterocycles. The fourth-order valence-corrected chi connectivity index (χ4v) is 4.40. The van der Waals surface area contributed by atoms with Crippen molar-refractivity contribution in [1.29, 1.82) is 0 Å². The summed E-state index contributed by atoms with van der Waals surface area (Å²) in [5.41, 5.74) is 0. The number of aliphatic imine (C=N–C) groups is 1. The van der Waals surface area contributed by atoms with Gasteiger partial charge in [0.2, 0.25) is 5.82 Å². The van der Waals surface area contributed by atoms with E-state index in [4.69, 9.17) is 9.41 Å². The first-order valence-electron chi connectivity index (χ1n) is 9.98. The molecule has 1 aliphatic rings. The molecule has 1 aliphatic heterocycles. The number of aromatic amines is 1.